The van der Waals surface area contributed by atoms with Crippen LogP contribution in [-0.4, -0.2) is 19.3 Å². The van der Waals surface area contributed by atoms with Crippen molar-refractivity contribution in [2.24, 2.45) is 0 Å². The average molecular weight is 235 g/mol. The van der Waals surface area contributed by atoms with E-state index in [1.54, 1.807) is 12.1 Å². The Kier molecular flexibility index (Phi) is 4.08. The second-order valence-corrected chi connectivity index (χ2v) is 4.01. The van der Waals surface area contributed by atoms with E-state index in [1.165, 1.54) is 6.07 Å². The number of benzene rings is 1. The molecule has 1 aromatic rings. The Balaban J connectivity index is 1.96. The molecule has 1 heterocycles. The second-order valence-electron chi connectivity index (χ2n) is 4.01. The lowest BCUT2D eigenvalue weighted by Gasteiger charge is -2.22. The van der Waals surface area contributed by atoms with Crippen LogP contribution < -0.4 is 0 Å². The first-order valence-electron chi connectivity index (χ1n) is 5.68. The van der Waals surface area contributed by atoms with Crippen molar-refractivity contribution < 1.29 is 13.9 Å². The van der Waals surface area contributed by atoms with E-state index in [0.717, 1.165) is 12.8 Å². The van der Waals surface area contributed by atoms with Crippen LogP contribution in [0.3, 0.4) is 0 Å². The van der Waals surface area contributed by atoms with Crippen LogP contribution in [0.1, 0.15) is 24.0 Å². The lowest BCUT2D eigenvalue weighted by molar-refractivity contribution is -0.0397. The van der Waals surface area contributed by atoms with Gasteiger partial charge >= 0.3 is 0 Å². The number of nitriles is 1. The van der Waals surface area contributed by atoms with Gasteiger partial charge in [0.25, 0.3) is 0 Å². The lowest BCUT2D eigenvalue weighted by atomic mass is 10.1. The zero-order chi connectivity index (χ0) is 12.1. The van der Waals surface area contributed by atoms with Gasteiger partial charge in [-0.3, -0.25) is 0 Å². The highest BCUT2D eigenvalue weighted by Crippen LogP contribution is 2.17. The fraction of sp³-hybridized carbons (Fsp3) is 0.462. The summed E-state index contributed by atoms with van der Waals surface area (Å²) in [5.41, 5.74) is 0.508. The molecule has 1 aliphatic heterocycles. The average Bonchev–Trinajstić information content (AvgIpc) is 2.39. The quantitative estimate of drug-likeness (QED) is 0.807. The van der Waals surface area contributed by atoms with Gasteiger partial charge in [-0.15, -0.1) is 0 Å². The third-order valence-electron chi connectivity index (χ3n) is 2.84. The number of rotatable bonds is 3. The minimum Gasteiger partial charge on any atom is -0.381 e. The topological polar surface area (TPSA) is 42.2 Å². The van der Waals surface area contributed by atoms with E-state index in [-0.39, 0.29) is 18.3 Å². The van der Waals surface area contributed by atoms with Gasteiger partial charge in [0.1, 0.15) is 11.9 Å². The minimum atomic E-state index is -0.470. The fourth-order valence-electron chi connectivity index (χ4n) is 1.83. The van der Waals surface area contributed by atoms with Crippen molar-refractivity contribution in [2.45, 2.75) is 25.6 Å². The normalized spacial score (nSPS) is 16.7. The summed E-state index contributed by atoms with van der Waals surface area (Å²) in [7, 11) is 0. The van der Waals surface area contributed by atoms with Gasteiger partial charge in [-0.1, -0.05) is 12.1 Å². The zero-order valence-corrected chi connectivity index (χ0v) is 9.49. The molecule has 0 unspecified atom stereocenters. The Labute approximate surface area is 99.8 Å². The van der Waals surface area contributed by atoms with Crippen molar-refractivity contribution in [3.05, 3.63) is 35.1 Å². The standard InChI is InChI=1S/C13H14FNO2/c14-13-10(8-15)2-1-3-11(13)9-17-12-4-6-16-7-5-12/h1-3,12H,4-7,9H2. The van der Waals surface area contributed by atoms with Gasteiger partial charge in [-0.05, 0) is 18.9 Å². The maximum absolute atomic E-state index is 13.7. The molecule has 17 heavy (non-hydrogen) atoms. The highest BCUT2D eigenvalue weighted by molar-refractivity contribution is 5.34. The first-order chi connectivity index (χ1) is 8.31. The number of ether oxygens (including phenoxy) is 2. The van der Waals surface area contributed by atoms with Gasteiger partial charge in [0.15, 0.2) is 0 Å². The molecular weight excluding hydrogens is 221 g/mol. The van der Waals surface area contributed by atoms with Crippen LogP contribution in [0.2, 0.25) is 0 Å². The van der Waals surface area contributed by atoms with E-state index in [9.17, 15) is 4.39 Å². The molecule has 3 nitrogen and oxygen atoms in total. The Morgan fingerprint density at radius 3 is 2.88 bits per heavy atom. The first kappa shape index (κ1) is 12.0. The molecule has 0 radical (unpaired) electrons. The molecule has 4 heteroatoms. The summed E-state index contributed by atoms with van der Waals surface area (Å²) in [5, 5.41) is 8.71. The van der Waals surface area contributed by atoms with Crippen LogP contribution in [0.4, 0.5) is 4.39 Å². The molecule has 0 N–H and O–H groups in total. The summed E-state index contributed by atoms with van der Waals surface area (Å²) >= 11 is 0. The number of nitrogens with zero attached hydrogens (tertiary/aromatic N) is 1. The second kappa shape index (κ2) is 5.76. The van der Waals surface area contributed by atoms with Crippen LogP contribution >= 0.6 is 0 Å². The predicted octanol–water partition coefficient (Wildman–Crippen LogP) is 2.39. The van der Waals surface area contributed by atoms with Crippen molar-refractivity contribution in [1.29, 1.82) is 5.26 Å². The zero-order valence-electron chi connectivity index (χ0n) is 9.49. The molecular formula is C13H14FNO2. The van der Waals surface area contributed by atoms with Crippen LogP contribution in [0, 0.1) is 17.1 Å². The van der Waals surface area contributed by atoms with E-state index >= 15 is 0 Å². The molecule has 0 saturated carbocycles. The van der Waals surface area contributed by atoms with Crippen molar-refractivity contribution in [1.82, 2.24) is 0 Å². The molecule has 0 aromatic heterocycles. The molecule has 1 saturated heterocycles. The third-order valence-corrected chi connectivity index (χ3v) is 2.84. The largest absolute Gasteiger partial charge is 0.381 e. The summed E-state index contributed by atoms with van der Waals surface area (Å²) in [6.07, 6.45) is 1.83. The summed E-state index contributed by atoms with van der Waals surface area (Å²) in [6.45, 7) is 1.61. The first-order valence-corrected chi connectivity index (χ1v) is 5.68. The number of hydrogen-bond donors (Lipinski definition) is 0. The third kappa shape index (κ3) is 3.02. The fourth-order valence-corrected chi connectivity index (χ4v) is 1.83. The SMILES string of the molecule is N#Cc1cccc(COC2CCOCC2)c1F. The van der Waals surface area contributed by atoms with Crippen LogP contribution in [0.5, 0.6) is 0 Å². The summed E-state index contributed by atoms with van der Waals surface area (Å²) < 4.78 is 24.5. The minimum absolute atomic E-state index is 0.0677. The maximum atomic E-state index is 13.7. The molecule has 1 fully saturated rings. The summed E-state index contributed by atoms with van der Waals surface area (Å²) in [5.74, 6) is -0.470. The highest BCUT2D eigenvalue weighted by Gasteiger charge is 2.15. The van der Waals surface area contributed by atoms with E-state index in [1.807, 2.05) is 6.07 Å². The molecule has 0 amide bonds. The van der Waals surface area contributed by atoms with Crippen molar-refractivity contribution >= 4 is 0 Å². The number of halogens is 1. The Hall–Kier alpha value is -1.44. The molecule has 1 aromatic carbocycles. The van der Waals surface area contributed by atoms with Crippen molar-refractivity contribution in [3.8, 4) is 6.07 Å². The molecule has 0 atom stereocenters. The Bertz CT molecular complexity index is 422. The highest BCUT2D eigenvalue weighted by atomic mass is 19.1. The van der Waals surface area contributed by atoms with E-state index in [0.29, 0.717) is 18.8 Å². The molecule has 0 spiro atoms. The number of hydrogen-bond acceptors (Lipinski definition) is 3. The molecule has 2 rings (SSSR count). The molecule has 0 bridgehead atoms. The van der Waals surface area contributed by atoms with Crippen LogP contribution in [-0.2, 0) is 16.1 Å². The van der Waals surface area contributed by atoms with Gasteiger partial charge < -0.3 is 9.47 Å². The smallest absolute Gasteiger partial charge is 0.146 e. The van der Waals surface area contributed by atoms with Gasteiger partial charge in [0.2, 0.25) is 0 Å². The van der Waals surface area contributed by atoms with Gasteiger partial charge in [0, 0.05) is 18.8 Å². The monoisotopic (exact) mass is 235 g/mol. The van der Waals surface area contributed by atoms with Crippen molar-refractivity contribution in [3.63, 3.8) is 0 Å². The summed E-state index contributed by atoms with van der Waals surface area (Å²) in [6, 6.07) is 6.61. The maximum Gasteiger partial charge on any atom is 0.146 e. The van der Waals surface area contributed by atoms with E-state index < -0.39 is 5.82 Å². The lowest BCUT2D eigenvalue weighted by Crippen LogP contribution is -2.23. The van der Waals surface area contributed by atoms with Gasteiger partial charge in [-0.2, -0.15) is 5.26 Å². The van der Waals surface area contributed by atoms with Crippen molar-refractivity contribution in [2.75, 3.05) is 13.2 Å². The van der Waals surface area contributed by atoms with Crippen LogP contribution in [0.15, 0.2) is 18.2 Å². The molecule has 0 aliphatic carbocycles. The molecule has 90 valence electrons. The Morgan fingerprint density at radius 2 is 2.18 bits per heavy atom. The Morgan fingerprint density at radius 1 is 1.41 bits per heavy atom. The van der Waals surface area contributed by atoms with Crippen LogP contribution in [0.25, 0.3) is 0 Å². The molecule has 1 aliphatic rings. The predicted molar refractivity (Wildman–Crippen MR) is 59.7 cm³/mol. The summed E-state index contributed by atoms with van der Waals surface area (Å²) in [4.78, 5) is 0. The van der Waals surface area contributed by atoms with E-state index in [2.05, 4.69) is 0 Å². The van der Waals surface area contributed by atoms with E-state index in [4.69, 9.17) is 14.7 Å². The van der Waals surface area contributed by atoms with Gasteiger partial charge in [0.05, 0.1) is 18.3 Å². The van der Waals surface area contributed by atoms with Gasteiger partial charge in [-0.25, -0.2) is 4.39 Å².